The van der Waals surface area contributed by atoms with E-state index in [1.54, 1.807) is 0 Å². The molecule has 2 rings (SSSR count). The molecule has 1 aromatic heterocycles. The number of rotatable bonds is 5. The number of aromatic nitrogens is 2. The maximum absolute atomic E-state index is 14.0. The van der Waals surface area contributed by atoms with Gasteiger partial charge in [0.05, 0.1) is 13.3 Å². The zero-order valence-corrected chi connectivity index (χ0v) is 12.8. The Hall–Kier alpha value is -2.12. The van der Waals surface area contributed by atoms with Gasteiger partial charge in [-0.25, -0.2) is 14.2 Å². The molecule has 1 heterocycles. The predicted molar refractivity (Wildman–Crippen MR) is 79.2 cm³/mol. The molecule has 1 N–H and O–H groups in total. The molecule has 0 unspecified atom stereocenters. The van der Waals surface area contributed by atoms with Crippen LogP contribution in [0.25, 0.3) is 0 Å². The number of anilines is 2. The van der Waals surface area contributed by atoms with Gasteiger partial charge in [-0.3, -0.25) is 0 Å². The number of hydrogen-bond donors (Lipinski definition) is 1. The minimum atomic E-state index is -0.617. The first-order valence-corrected chi connectivity index (χ1v) is 6.70. The molecule has 0 saturated carbocycles. The van der Waals surface area contributed by atoms with Crippen LogP contribution in [0.2, 0.25) is 10.3 Å². The van der Waals surface area contributed by atoms with Crippen molar-refractivity contribution in [1.82, 2.24) is 9.97 Å². The summed E-state index contributed by atoms with van der Waals surface area (Å²) in [5.74, 6) is -1.02. The van der Waals surface area contributed by atoms with Crippen LogP contribution >= 0.6 is 23.2 Å². The molecule has 0 saturated heterocycles. The zero-order valence-electron chi connectivity index (χ0n) is 11.3. The van der Waals surface area contributed by atoms with E-state index >= 15 is 0 Å². The van der Waals surface area contributed by atoms with Gasteiger partial charge in [0.2, 0.25) is 5.28 Å². The van der Waals surface area contributed by atoms with Crippen molar-refractivity contribution in [3.05, 3.63) is 40.5 Å². The Balaban J connectivity index is 2.29. The van der Waals surface area contributed by atoms with Gasteiger partial charge in [-0.1, -0.05) is 17.7 Å². The molecule has 116 valence electrons. The molecule has 0 bridgehead atoms. The molecule has 0 amide bonds. The van der Waals surface area contributed by atoms with Crippen molar-refractivity contribution in [3.63, 3.8) is 0 Å². The maximum Gasteiger partial charge on any atom is 0.343 e. The van der Waals surface area contributed by atoms with E-state index in [9.17, 15) is 9.18 Å². The number of para-hydroxylation sites is 1. The second-order valence-corrected chi connectivity index (χ2v) is 4.68. The number of esters is 1. The number of benzene rings is 1. The first-order chi connectivity index (χ1) is 10.5. The standard InChI is InChI=1S/C13H10Cl2FN3O3/c1-21-10(20)6-22-9-4-2-3-8(16)11(9)18-12-7(14)5-17-13(15)19-12/h2-5H,6H2,1H3,(H,17,18,19). The third kappa shape index (κ3) is 3.96. The summed E-state index contributed by atoms with van der Waals surface area (Å²) < 4.78 is 23.7. The number of nitrogens with one attached hydrogen (secondary N) is 1. The minimum absolute atomic E-state index is 0.0388. The fourth-order valence-electron chi connectivity index (χ4n) is 1.49. The molecule has 0 aliphatic carbocycles. The molecule has 0 fully saturated rings. The average molecular weight is 346 g/mol. The van der Waals surface area contributed by atoms with Crippen LogP contribution in [0.1, 0.15) is 0 Å². The fourth-order valence-corrected chi connectivity index (χ4v) is 1.76. The van der Waals surface area contributed by atoms with Gasteiger partial charge in [0, 0.05) is 0 Å². The third-order valence-electron chi connectivity index (χ3n) is 2.51. The molecule has 6 nitrogen and oxygen atoms in total. The Labute approximate surface area is 135 Å². The van der Waals surface area contributed by atoms with Crippen LogP contribution in [0, 0.1) is 5.82 Å². The molecule has 0 aliphatic heterocycles. The summed E-state index contributed by atoms with van der Waals surface area (Å²) in [5.41, 5.74) is -0.0388. The average Bonchev–Trinajstić information content (AvgIpc) is 2.51. The third-order valence-corrected chi connectivity index (χ3v) is 2.97. The number of nitrogens with zero attached hydrogens (tertiary/aromatic N) is 2. The van der Waals surface area contributed by atoms with Gasteiger partial charge in [0.1, 0.15) is 16.5 Å². The van der Waals surface area contributed by atoms with Crippen LogP contribution < -0.4 is 10.1 Å². The van der Waals surface area contributed by atoms with Crippen LogP contribution in [0.4, 0.5) is 15.9 Å². The normalized spacial score (nSPS) is 10.2. The van der Waals surface area contributed by atoms with Crippen molar-refractivity contribution in [2.45, 2.75) is 0 Å². The number of carbonyl (C=O) groups excluding carboxylic acids is 1. The van der Waals surface area contributed by atoms with Crippen LogP contribution in [0.3, 0.4) is 0 Å². The Kier molecular flexibility index (Phi) is 5.35. The largest absolute Gasteiger partial charge is 0.480 e. The Morgan fingerprint density at radius 1 is 1.41 bits per heavy atom. The number of methoxy groups -OCH3 is 1. The molecule has 0 atom stereocenters. The highest BCUT2D eigenvalue weighted by Crippen LogP contribution is 2.32. The van der Waals surface area contributed by atoms with Crippen LogP contribution in [-0.4, -0.2) is 29.7 Å². The van der Waals surface area contributed by atoms with E-state index in [4.69, 9.17) is 27.9 Å². The minimum Gasteiger partial charge on any atom is -0.480 e. The lowest BCUT2D eigenvalue weighted by molar-refractivity contribution is -0.142. The summed E-state index contributed by atoms with van der Waals surface area (Å²) in [6.45, 7) is -0.368. The predicted octanol–water partition coefficient (Wildman–Crippen LogP) is 3.22. The smallest absolute Gasteiger partial charge is 0.343 e. The Morgan fingerprint density at radius 3 is 2.91 bits per heavy atom. The van der Waals surface area contributed by atoms with Gasteiger partial charge in [0.15, 0.2) is 18.2 Å². The lowest BCUT2D eigenvalue weighted by Gasteiger charge is -2.13. The van der Waals surface area contributed by atoms with Crippen LogP contribution in [0.15, 0.2) is 24.4 Å². The molecule has 0 spiro atoms. The van der Waals surface area contributed by atoms with Crippen molar-refractivity contribution < 1.29 is 18.7 Å². The number of halogens is 3. The van der Waals surface area contributed by atoms with E-state index in [-0.39, 0.29) is 34.2 Å². The second kappa shape index (κ2) is 7.24. The molecular weight excluding hydrogens is 336 g/mol. The highest BCUT2D eigenvalue weighted by molar-refractivity contribution is 6.33. The number of ether oxygens (including phenoxy) is 2. The summed E-state index contributed by atoms with van der Waals surface area (Å²) >= 11 is 11.6. The summed E-state index contributed by atoms with van der Waals surface area (Å²) in [5, 5.41) is 2.76. The van der Waals surface area contributed by atoms with E-state index < -0.39 is 11.8 Å². The summed E-state index contributed by atoms with van der Waals surface area (Å²) in [7, 11) is 1.22. The SMILES string of the molecule is COC(=O)COc1cccc(F)c1Nc1nc(Cl)ncc1Cl. The van der Waals surface area contributed by atoms with Gasteiger partial charge in [-0.05, 0) is 23.7 Å². The molecule has 0 aliphatic rings. The van der Waals surface area contributed by atoms with Gasteiger partial charge in [-0.2, -0.15) is 4.98 Å². The Bertz CT molecular complexity index is 700. The molecular formula is C13H10Cl2FN3O3. The van der Waals surface area contributed by atoms with Crippen LogP contribution in [-0.2, 0) is 9.53 Å². The molecule has 9 heteroatoms. The first-order valence-electron chi connectivity index (χ1n) is 5.94. The second-order valence-electron chi connectivity index (χ2n) is 3.94. The number of hydrogen-bond acceptors (Lipinski definition) is 6. The Morgan fingerprint density at radius 2 is 2.18 bits per heavy atom. The summed E-state index contributed by atoms with van der Waals surface area (Å²) in [6.07, 6.45) is 1.27. The topological polar surface area (TPSA) is 73.3 Å². The van der Waals surface area contributed by atoms with Crippen LogP contribution in [0.5, 0.6) is 5.75 Å². The monoisotopic (exact) mass is 345 g/mol. The molecule has 22 heavy (non-hydrogen) atoms. The fraction of sp³-hybridized carbons (Fsp3) is 0.154. The van der Waals surface area contributed by atoms with Gasteiger partial charge >= 0.3 is 5.97 Å². The highest BCUT2D eigenvalue weighted by atomic mass is 35.5. The van der Waals surface area contributed by atoms with E-state index in [2.05, 4.69) is 20.0 Å². The van der Waals surface area contributed by atoms with E-state index in [1.165, 1.54) is 31.5 Å². The lowest BCUT2D eigenvalue weighted by atomic mass is 10.2. The molecule has 0 radical (unpaired) electrons. The van der Waals surface area contributed by atoms with Crippen molar-refractivity contribution in [2.75, 3.05) is 19.0 Å². The molecule has 1 aromatic carbocycles. The van der Waals surface area contributed by atoms with Crippen molar-refractivity contribution in [3.8, 4) is 5.75 Å². The van der Waals surface area contributed by atoms with Gasteiger partial charge in [-0.15, -0.1) is 0 Å². The lowest BCUT2D eigenvalue weighted by Crippen LogP contribution is -2.13. The van der Waals surface area contributed by atoms with Crippen molar-refractivity contribution >= 4 is 40.7 Å². The quantitative estimate of drug-likeness (QED) is 0.662. The van der Waals surface area contributed by atoms with Gasteiger partial charge < -0.3 is 14.8 Å². The molecule has 2 aromatic rings. The van der Waals surface area contributed by atoms with E-state index in [0.717, 1.165) is 0 Å². The maximum atomic E-state index is 14.0. The van der Waals surface area contributed by atoms with Crippen molar-refractivity contribution in [1.29, 1.82) is 0 Å². The zero-order chi connectivity index (χ0) is 16.1. The summed E-state index contributed by atoms with van der Waals surface area (Å²) in [6, 6.07) is 4.12. The summed E-state index contributed by atoms with van der Waals surface area (Å²) in [4.78, 5) is 18.7. The van der Waals surface area contributed by atoms with Crippen molar-refractivity contribution in [2.24, 2.45) is 0 Å². The first kappa shape index (κ1) is 16.3. The van der Waals surface area contributed by atoms with E-state index in [0.29, 0.717) is 0 Å². The number of carbonyl (C=O) groups is 1. The van der Waals surface area contributed by atoms with Gasteiger partial charge in [0.25, 0.3) is 0 Å². The van der Waals surface area contributed by atoms with E-state index in [1.807, 2.05) is 0 Å². The highest BCUT2D eigenvalue weighted by Gasteiger charge is 2.14.